The van der Waals surface area contributed by atoms with Crippen LogP contribution in [-0.4, -0.2) is 87.4 Å². The number of hydrogen-bond donors (Lipinski definition) is 1. The molecule has 1 aliphatic rings. The average molecular weight is 841 g/mol. The van der Waals surface area contributed by atoms with E-state index in [0.717, 1.165) is 18.1 Å². The first kappa shape index (κ1) is 43.7. The van der Waals surface area contributed by atoms with Crippen LogP contribution in [0.3, 0.4) is 0 Å². The number of amides is 1. The largest absolute Gasteiger partial charge is 0.452 e. The van der Waals surface area contributed by atoms with Crippen LogP contribution in [-0.2, 0) is 22.9 Å². The second-order valence-corrected chi connectivity index (χ2v) is 21.3. The number of aromatic nitrogens is 4. The van der Waals surface area contributed by atoms with Gasteiger partial charge in [-0.3, -0.25) is 9.36 Å². The number of carbonyl (C=O) groups excluding carboxylic acids is 3. The van der Waals surface area contributed by atoms with Crippen LogP contribution in [0.25, 0.3) is 11.2 Å². The van der Waals surface area contributed by atoms with Gasteiger partial charge >= 0.3 is 11.9 Å². The maximum Gasteiger partial charge on any atom is 0.338 e. The highest BCUT2D eigenvalue weighted by Gasteiger charge is 2.52. The molecular formula is C43H53N6O8PSi. The van der Waals surface area contributed by atoms with Crippen molar-refractivity contribution in [3.8, 4) is 0 Å². The summed E-state index contributed by atoms with van der Waals surface area (Å²) in [5.74, 6) is -1.49. The van der Waals surface area contributed by atoms with E-state index in [-0.39, 0.29) is 41.6 Å². The van der Waals surface area contributed by atoms with E-state index in [9.17, 15) is 14.4 Å². The molecule has 0 bridgehead atoms. The Morgan fingerprint density at radius 3 is 1.81 bits per heavy atom. The number of ether oxygens (including phenoxy) is 3. The Balaban J connectivity index is 1.41. The van der Waals surface area contributed by atoms with Gasteiger partial charge in [0.1, 0.15) is 12.4 Å². The molecule has 312 valence electrons. The fourth-order valence-electron chi connectivity index (χ4n) is 7.12. The van der Waals surface area contributed by atoms with E-state index in [1.54, 1.807) is 89.5 Å². The van der Waals surface area contributed by atoms with Gasteiger partial charge in [-0.2, -0.15) is 0 Å². The number of esters is 2. The molecule has 14 nitrogen and oxygen atoms in total. The number of nitrogens with one attached hydrogen (secondary N) is 1. The first-order valence-corrected chi connectivity index (χ1v) is 23.8. The van der Waals surface area contributed by atoms with Gasteiger partial charge in [-0.1, -0.05) is 75.4 Å². The Morgan fingerprint density at radius 1 is 0.763 bits per heavy atom. The van der Waals surface area contributed by atoms with Crippen molar-refractivity contribution in [2.75, 3.05) is 11.9 Å². The van der Waals surface area contributed by atoms with Crippen LogP contribution in [0, 0.1) is 0 Å². The fraction of sp³-hybridized carbons (Fsp3) is 0.395. The minimum absolute atomic E-state index is 0.0636. The molecular weight excluding hydrogens is 788 g/mol. The predicted molar refractivity (Wildman–Crippen MR) is 228 cm³/mol. The van der Waals surface area contributed by atoms with Crippen molar-refractivity contribution in [3.63, 3.8) is 0 Å². The molecule has 0 aliphatic carbocycles. The molecule has 1 fully saturated rings. The standard InChI is InChI=1S/C43H53N6O8PSi/c1-8-59(9-2,10-3)57-58(49(29(4)5)30(6)7)53-26-34-36(55-42(51)32-22-16-12-17-23-32)37(56-43(52)33-24-18-13-19-25-33)41(54-34)48-28-46-35-38(44-27-45-39(35)48)47-40(50)31-20-14-11-15-21-31/h11-25,27-30,34,36-37,41H,8-10,26H2,1-7H3,(H,44,45,47,50)/t34-,36-,37-,41-,58?/m1/s1. The lowest BCUT2D eigenvalue weighted by atomic mass is 10.1. The third-order valence-electron chi connectivity index (χ3n) is 10.5. The highest BCUT2D eigenvalue weighted by atomic mass is 31.2. The van der Waals surface area contributed by atoms with Crippen LogP contribution < -0.4 is 5.32 Å². The average Bonchev–Trinajstić information content (AvgIpc) is 3.83. The Morgan fingerprint density at radius 2 is 1.29 bits per heavy atom. The third kappa shape index (κ3) is 10.1. The number of nitrogens with zero attached hydrogens (tertiary/aromatic N) is 5. The molecule has 3 aromatic carbocycles. The van der Waals surface area contributed by atoms with Gasteiger partial charge in [-0.15, -0.1) is 0 Å². The fourth-order valence-corrected chi connectivity index (χ4v) is 13.2. The molecule has 1 amide bonds. The van der Waals surface area contributed by atoms with Crippen LogP contribution >= 0.6 is 8.53 Å². The molecule has 2 aromatic heterocycles. The monoisotopic (exact) mass is 840 g/mol. The lowest BCUT2D eigenvalue weighted by molar-refractivity contribution is -0.0546. The normalized spacial score (nSPS) is 18.7. The van der Waals surface area contributed by atoms with Gasteiger partial charge in [0.05, 0.1) is 24.1 Å². The Labute approximate surface area is 347 Å². The first-order chi connectivity index (χ1) is 28.5. The summed E-state index contributed by atoms with van der Waals surface area (Å²) in [5.41, 5.74) is 1.59. The topological polar surface area (TPSA) is 156 Å². The van der Waals surface area contributed by atoms with Crippen molar-refractivity contribution >= 4 is 51.7 Å². The van der Waals surface area contributed by atoms with Gasteiger partial charge in [-0.25, -0.2) is 29.2 Å². The second-order valence-electron chi connectivity index (χ2n) is 14.8. The minimum atomic E-state index is -2.19. The van der Waals surface area contributed by atoms with Crippen LogP contribution in [0.1, 0.15) is 85.8 Å². The predicted octanol–water partition coefficient (Wildman–Crippen LogP) is 8.81. The Bertz CT molecular complexity index is 2140. The van der Waals surface area contributed by atoms with Gasteiger partial charge in [0.2, 0.25) is 16.8 Å². The molecule has 0 radical (unpaired) electrons. The van der Waals surface area contributed by atoms with Crippen molar-refractivity contribution in [3.05, 3.63) is 120 Å². The summed E-state index contributed by atoms with van der Waals surface area (Å²) in [6.07, 6.45) is -1.66. The molecule has 1 aliphatic heterocycles. The number of imidazole rings is 1. The molecule has 1 unspecified atom stereocenters. The lowest BCUT2D eigenvalue weighted by Gasteiger charge is -2.41. The SMILES string of the molecule is CC[Si](CC)(CC)OP(OC[C@H]1O[C@@H](n2cnc3c(NC(=O)c4ccccc4)ncnc32)[C@H](OC(=O)c2ccccc2)[C@@H]1OC(=O)c1ccccc1)N(C(C)C)C(C)C. The van der Waals surface area contributed by atoms with Crippen LogP contribution in [0.15, 0.2) is 104 Å². The first-order valence-electron chi connectivity index (χ1n) is 20.1. The Kier molecular flexibility index (Phi) is 14.7. The van der Waals surface area contributed by atoms with Crippen LogP contribution in [0.5, 0.6) is 0 Å². The van der Waals surface area contributed by atoms with Gasteiger partial charge in [-0.05, 0) is 82.2 Å². The molecule has 3 heterocycles. The van der Waals surface area contributed by atoms with Crippen molar-refractivity contribution in [2.45, 2.75) is 103 Å². The number of hydrogen-bond acceptors (Lipinski definition) is 12. The molecule has 16 heteroatoms. The van der Waals surface area contributed by atoms with Crippen LogP contribution in [0.4, 0.5) is 5.82 Å². The zero-order valence-electron chi connectivity index (χ0n) is 34.6. The minimum Gasteiger partial charge on any atom is -0.452 e. The molecule has 5 atom stereocenters. The van der Waals surface area contributed by atoms with Crippen molar-refractivity contribution in [1.82, 2.24) is 24.2 Å². The molecule has 5 aromatic rings. The zero-order chi connectivity index (χ0) is 42.1. The van der Waals surface area contributed by atoms with E-state index >= 15 is 0 Å². The maximum absolute atomic E-state index is 13.9. The van der Waals surface area contributed by atoms with E-state index in [4.69, 9.17) is 22.9 Å². The summed E-state index contributed by atoms with van der Waals surface area (Å²) >= 11 is 0. The zero-order valence-corrected chi connectivity index (χ0v) is 36.5. The quantitative estimate of drug-likeness (QED) is 0.0509. The molecule has 1 saturated heterocycles. The highest BCUT2D eigenvalue weighted by molar-refractivity contribution is 7.46. The van der Waals surface area contributed by atoms with Crippen molar-refractivity contribution in [1.29, 1.82) is 0 Å². The van der Waals surface area contributed by atoms with E-state index in [2.05, 4.69) is 73.4 Å². The summed E-state index contributed by atoms with van der Waals surface area (Å²) < 4.78 is 37.2. The summed E-state index contributed by atoms with van der Waals surface area (Å²) in [4.78, 5) is 54.4. The van der Waals surface area contributed by atoms with E-state index < -0.39 is 53.3 Å². The van der Waals surface area contributed by atoms with Crippen LogP contribution in [0.2, 0.25) is 18.1 Å². The summed E-state index contributed by atoms with van der Waals surface area (Å²) in [5, 5.41) is 2.83. The number of fused-ring (bicyclic) bond motifs is 1. The number of anilines is 1. The lowest BCUT2D eigenvalue weighted by Crippen LogP contribution is -2.43. The second kappa shape index (κ2) is 19.9. The van der Waals surface area contributed by atoms with Crippen molar-refractivity contribution < 1.29 is 37.3 Å². The van der Waals surface area contributed by atoms with Crippen molar-refractivity contribution in [2.24, 2.45) is 0 Å². The van der Waals surface area contributed by atoms with E-state index in [0.29, 0.717) is 16.7 Å². The van der Waals surface area contributed by atoms with Gasteiger partial charge in [0.25, 0.3) is 5.91 Å². The summed E-state index contributed by atoms with van der Waals surface area (Å²) in [6.45, 7) is 14.9. The number of benzene rings is 3. The number of rotatable bonds is 18. The number of carbonyl (C=O) groups is 3. The maximum atomic E-state index is 13.9. The van der Waals surface area contributed by atoms with Gasteiger partial charge in [0.15, 0.2) is 35.4 Å². The van der Waals surface area contributed by atoms with Gasteiger partial charge in [0, 0.05) is 17.6 Å². The van der Waals surface area contributed by atoms with E-state index in [1.165, 1.54) is 12.7 Å². The summed E-state index contributed by atoms with van der Waals surface area (Å²) in [6, 6.07) is 28.8. The van der Waals surface area contributed by atoms with E-state index in [1.807, 2.05) is 6.07 Å². The molecule has 59 heavy (non-hydrogen) atoms. The molecule has 6 rings (SSSR count). The smallest absolute Gasteiger partial charge is 0.338 e. The highest BCUT2D eigenvalue weighted by Crippen LogP contribution is 2.51. The molecule has 0 spiro atoms. The molecule has 1 N–H and O–H groups in total. The molecule has 0 saturated carbocycles. The third-order valence-corrected chi connectivity index (χ3v) is 18.2. The summed E-state index contributed by atoms with van der Waals surface area (Å²) in [7, 11) is -3.80. The van der Waals surface area contributed by atoms with Gasteiger partial charge < -0.3 is 28.3 Å². The Hall–Kier alpha value is -4.89.